The molecule has 0 aliphatic carbocycles. The highest BCUT2D eigenvalue weighted by atomic mass is 35.5. The number of aliphatic hydroxyl groups is 1. The zero-order valence-corrected chi connectivity index (χ0v) is 12.8. The van der Waals surface area contributed by atoms with E-state index in [0.29, 0.717) is 5.69 Å². The van der Waals surface area contributed by atoms with E-state index in [1.807, 2.05) is 0 Å². The van der Waals surface area contributed by atoms with Gasteiger partial charge in [-0.2, -0.15) is 0 Å². The van der Waals surface area contributed by atoms with Gasteiger partial charge < -0.3 is 20.5 Å². The van der Waals surface area contributed by atoms with Crippen LogP contribution in [0.15, 0.2) is 18.2 Å². The summed E-state index contributed by atoms with van der Waals surface area (Å²) in [7, 11) is 1.44. The molecule has 0 saturated heterocycles. The smallest absolute Gasteiger partial charge is 0.224 e. The fourth-order valence-corrected chi connectivity index (χ4v) is 1.78. The maximum atomic E-state index is 13.0. The maximum absolute atomic E-state index is 13.0. The second-order valence-corrected chi connectivity index (χ2v) is 5.00. The van der Waals surface area contributed by atoms with E-state index in [2.05, 4.69) is 10.6 Å². The van der Waals surface area contributed by atoms with Crippen molar-refractivity contribution in [1.29, 1.82) is 0 Å². The summed E-state index contributed by atoms with van der Waals surface area (Å²) in [5, 5.41) is 14.3. The van der Waals surface area contributed by atoms with Crippen LogP contribution in [-0.4, -0.2) is 43.3 Å². The molecule has 1 rings (SSSR count). The molecule has 1 aromatic carbocycles. The largest absolute Gasteiger partial charge is 0.389 e. The number of halogens is 2. The summed E-state index contributed by atoms with van der Waals surface area (Å²) in [4.78, 5) is 23.2. The van der Waals surface area contributed by atoms with E-state index in [0.717, 1.165) is 6.07 Å². The number of rotatable bonds is 8. The van der Waals surface area contributed by atoms with Crippen molar-refractivity contribution in [2.24, 2.45) is 0 Å². The van der Waals surface area contributed by atoms with Gasteiger partial charge in [0.1, 0.15) is 5.82 Å². The van der Waals surface area contributed by atoms with Crippen molar-refractivity contribution in [2.45, 2.75) is 18.9 Å². The van der Waals surface area contributed by atoms with Crippen LogP contribution in [0.3, 0.4) is 0 Å². The van der Waals surface area contributed by atoms with Crippen molar-refractivity contribution < 1.29 is 23.8 Å². The van der Waals surface area contributed by atoms with Crippen molar-refractivity contribution in [2.75, 3.05) is 25.6 Å². The average molecular weight is 333 g/mol. The first kappa shape index (κ1) is 18.3. The van der Waals surface area contributed by atoms with E-state index in [1.165, 1.54) is 19.2 Å². The molecule has 1 atom stereocenters. The molecule has 0 heterocycles. The first-order chi connectivity index (χ1) is 10.4. The molecule has 6 nitrogen and oxygen atoms in total. The van der Waals surface area contributed by atoms with Gasteiger partial charge in [-0.15, -0.1) is 0 Å². The Morgan fingerprint density at radius 2 is 2.05 bits per heavy atom. The molecule has 3 N–H and O–H groups in total. The predicted molar refractivity (Wildman–Crippen MR) is 80.2 cm³/mol. The van der Waals surface area contributed by atoms with E-state index < -0.39 is 17.8 Å². The molecule has 0 aliphatic heterocycles. The number of aliphatic hydroxyl groups excluding tert-OH is 1. The maximum Gasteiger partial charge on any atom is 0.224 e. The molecule has 0 aliphatic rings. The van der Waals surface area contributed by atoms with Crippen LogP contribution < -0.4 is 10.6 Å². The quantitative estimate of drug-likeness (QED) is 0.670. The zero-order valence-electron chi connectivity index (χ0n) is 12.1. The first-order valence-electron chi connectivity index (χ1n) is 6.61. The fraction of sp³-hybridized carbons (Fsp3) is 0.429. The number of amides is 2. The van der Waals surface area contributed by atoms with Crippen LogP contribution in [0.2, 0.25) is 5.02 Å². The molecule has 2 amide bonds. The molecule has 0 radical (unpaired) electrons. The van der Waals surface area contributed by atoms with Crippen molar-refractivity contribution >= 4 is 29.1 Å². The third-order valence-corrected chi connectivity index (χ3v) is 2.97. The molecular weight excluding hydrogens is 315 g/mol. The van der Waals surface area contributed by atoms with Crippen LogP contribution in [0.5, 0.6) is 0 Å². The third-order valence-electron chi connectivity index (χ3n) is 2.68. The molecule has 0 fully saturated rings. The number of carbonyl (C=O) groups excluding carboxylic acids is 2. The van der Waals surface area contributed by atoms with E-state index in [4.69, 9.17) is 16.3 Å². The summed E-state index contributed by atoms with van der Waals surface area (Å²) >= 11 is 5.60. The highest BCUT2D eigenvalue weighted by Gasteiger charge is 2.10. The number of benzene rings is 1. The number of methoxy groups -OCH3 is 1. The highest BCUT2D eigenvalue weighted by molar-refractivity contribution is 6.31. The Hall–Kier alpha value is -1.70. The fourth-order valence-electron chi connectivity index (χ4n) is 1.60. The number of anilines is 1. The van der Waals surface area contributed by atoms with E-state index in [9.17, 15) is 19.1 Å². The summed E-state index contributed by atoms with van der Waals surface area (Å²) in [5.74, 6) is -1.33. The van der Waals surface area contributed by atoms with E-state index >= 15 is 0 Å². The summed E-state index contributed by atoms with van der Waals surface area (Å²) < 4.78 is 17.7. The molecule has 8 heteroatoms. The van der Waals surface area contributed by atoms with Gasteiger partial charge in [0.05, 0.1) is 17.7 Å². The first-order valence-corrected chi connectivity index (χ1v) is 6.98. The number of carbonyl (C=O) groups is 2. The van der Waals surface area contributed by atoms with Crippen LogP contribution >= 0.6 is 11.6 Å². The van der Waals surface area contributed by atoms with Gasteiger partial charge in [0.2, 0.25) is 11.8 Å². The Balaban J connectivity index is 2.30. The van der Waals surface area contributed by atoms with Crippen LogP contribution in [0.4, 0.5) is 10.1 Å². The Morgan fingerprint density at radius 1 is 1.36 bits per heavy atom. The minimum Gasteiger partial charge on any atom is -0.389 e. The summed E-state index contributed by atoms with van der Waals surface area (Å²) in [6.45, 7) is 0.175. The van der Waals surface area contributed by atoms with E-state index in [1.54, 1.807) is 0 Å². The molecule has 0 spiro atoms. The Kier molecular flexibility index (Phi) is 7.79. The minimum atomic E-state index is -0.788. The normalized spacial score (nSPS) is 11.8. The number of nitrogens with one attached hydrogen (secondary N) is 2. The molecule has 0 unspecified atom stereocenters. The van der Waals surface area contributed by atoms with Crippen molar-refractivity contribution in [3.63, 3.8) is 0 Å². The molecule has 22 heavy (non-hydrogen) atoms. The van der Waals surface area contributed by atoms with Crippen LogP contribution in [0.1, 0.15) is 12.8 Å². The molecule has 1 aromatic rings. The van der Waals surface area contributed by atoms with Crippen molar-refractivity contribution in [3.8, 4) is 0 Å². The zero-order chi connectivity index (χ0) is 16.5. The number of ether oxygens (including phenoxy) is 1. The highest BCUT2D eigenvalue weighted by Crippen LogP contribution is 2.19. The third kappa shape index (κ3) is 6.84. The molecule has 0 saturated carbocycles. The number of hydrogen-bond acceptors (Lipinski definition) is 4. The lowest BCUT2D eigenvalue weighted by Crippen LogP contribution is -2.34. The Bertz CT molecular complexity index is 528. The lowest BCUT2D eigenvalue weighted by atomic mass is 10.2. The van der Waals surface area contributed by atoms with E-state index in [-0.39, 0.29) is 36.9 Å². The van der Waals surface area contributed by atoms with Gasteiger partial charge >= 0.3 is 0 Å². The molecule has 122 valence electrons. The van der Waals surface area contributed by atoms with Gasteiger partial charge in [0.25, 0.3) is 0 Å². The lowest BCUT2D eigenvalue weighted by Gasteiger charge is -2.10. The average Bonchev–Trinajstić information content (AvgIpc) is 2.47. The summed E-state index contributed by atoms with van der Waals surface area (Å²) in [6.07, 6.45) is -0.856. The second kappa shape index (κ2) is 9.34. The Labute approximate surface area is 132 Å². The minimum absolute atomic E-state index is 0.0273. The second-order valence-electron chi connectivity index (χ2n) is 4.59. The van der Waals surface area contributed by atoms with Gasteiger partial charge in [-0.3, -0.25) is 9.59 Å². The lowest BCUT2D eigenvalue weighted by molar-refractivity contribution is -0.124. The van der Waals surface area contributed by atoms with Crippen molar-refractivity contribution in [1.82, 2.24) is 5.32 Å². The number of hydrogen-bond donors (Lipinski definition) is 3. The van der Waals surface area contributed by atoms with Crippen LogP contribution in [0.25, 0.3) is 0 Å². The van der Waals surface area contributed by atoms with Gasteiger partial charge in [-0.25, -0.2) is 4.39 Å². The van der Waals surface area contributed by atoms with Gasteiger partial charge in [0.15, 0.2) is 0 Å². The standard InChI is InChI=1S/C14H18ClFN2O4/c1-22-8-10(19)7-17-13(20)4-5-14(21)18-9-2-3-12(16)11(15)6-9/h2-3,6,10,19H,4-5,7-8H2,1H3,(H,17,20)(H,18,21)/t10-/m1/s1. The molecule has 0 bridgehead atoms. The molecule has 0 aromatic heterocycles. The topological polar surface area (TPSA) is 87.7 Å². The van der Waals surface area contributed by atoms with Gasteiger partial charge in [-0.1, -0.05) is 11.6 Å². The summed E-state index contributed by atoms with van der Waals surface area (Å²) in [6, 6.07) is 3.80. The van der Waals surface area contributed by atoms with Crippen LogP contribution in [0, 0.1) is 5.82 Å². The monoisotopic (exact) mass is 332 g/mol. The van der Waals surface area contributed by atoms with Crippen molar-refractivity contribution in [3.05, 3.63) is 29.0 Å². The molecular formula is C14H18ClFN2O4. The SMILES string of the molecule is COC[C@H](O)CNC(=O)CCC(=O)Nc1ccc(F)c(Cl)c1. The van der Waals surface area contributed by atoms with Gasteiger partial charge in [0, 0.05) is 32.2 Å². The van der Waals surface area contributed by atoms with Gasteiger partial charge in [-0.05, 0) is 18.2 Å². The van der Waals surface area contributed by atoms with Crippen LogP contribution in [-0.2, 0) is 14.3 Å². The Morgan fingerprint density at radius 3 is 2.68 bits per heavy atom. The summed E-state index contributed by atoms with van der Waals surface area (Å²) in [5.41, 5.74) is 0.354. The predicted octanol–water partition coefficient (Wildman–Crippen LogP) is 1.32.